The minimum absolute atomic E-state index is 0.239. The molecule has 0 aliphatic rings. The highest BCUT2D eigenvalue weighted by Crippen LogP contribution is 2.26. The lowest BCUT2D eigenvalue weighted by atomic mass is 10.1. The summed E-state index contributed by atoms with van der Waals surface area (Å²) in [5.41, 5.74) is 6.82. The first-order valence-corrected chi connectivity index (χ1v) is 5.83. The fourth-order valence-electron chi connectivity index (χ4n) is 1.64. The molecule has 4 nitrogen and oxygen atoms in total. The van der Waals surface area contributed by atoms with E-state index in [1.165, 1.54) is 6.07 Å². The van der Waals surface area contributed by atoms with Crippen molar-refractivity contribution in [1.29, 1.82) is 0 Å². The molecule has 0 fully saturated rings. The summed E-state index contributed by atoms with van der Waals surface area (Å²) in [6, 6.07) is 6.46. The lowest BCUT2D eigenvalue weighted by Crippen LogP contribution is -2.02. The standard InChI is InChI=1S/C13H15FN2O2/c1-2-17-12-4-3-9(7-11(12)14)13-8-10(5-6-15)16-18-13/h3-4,7-8H,2,5-6,15H2,1H3. The Kier molecular flexibility index (Phi) is 3.94. The van der Waals surface area contributed by atoms with Crippen LogP contribution in [0.4, 0.5) is 4.39 Å². The van der Waals surface area contributed by atoms with Gasteiger partial charge in [0.2, 0.25) is 0 Å². The summed E-state index contributed by atoms with van der Waals surface area (Å²) in [6.07, 6.45) is 0.642. The largest absolute Gasteiger partial charge is 0.491 e. The summed E-state index contributed by atoms with van der Waals surface area (Å²) in [5.74, 6) is 0.356. The van der Waals surface area contributed by atoms with Gasteiger partial charge in [-0.1, -0.05) is 5.16 Å². The third-order valence-electron chi connectivity index (χ3n) is 2.48. The zero-order valence-electron chi connectivity index (χ0n) is 10.1. The summed E-state index contributed by atoms with van der Waals surface area (Å²) in [7, 11) is 0. The van der Waals surface area contributed by atoms with E-state index in [1.54, 1.807) is 18.2 Å². The normalized spacial score (nSPS) is 10.6. The molecular weight excluding hydrogens is 235 g/mol. The fraction of sp³-hybridized carbons (Fsp3) is 0.308. The van der Waals surface area contributed by atoms with Crippen molar-refractivity contribution >= 4 is 0 Å². The monoisotopic (exact) mass is 250 g/mol. The van der Waals surface area contributed by atoms with E-state index in [4.69, 9.17) is 15.0 Å². The number of nitrogens with zero attached hydrogens (tertiary/aromatic N) is 1. The van der Waals surface area contributed by atoms with E-state index in [0.717, 1.165) is 5.69 Å². The topological polar surface area (TPSA) is 61.3 Å². The van der Waals surface area contributed by atoms with E-state index in [9.17, 15) is 4.39 Å². The number of benzene rings is 1. The number of aromatic nitrogens is 1. The maximum Gasteiger partial charge on any atom is 0.167 e. The van der Waals surface area contributed by atoms with Gasteiger partial charge >= 0.3 is 0 Å². The van der Waals surface area contributed by atoms with E-state index in [0.29, 0.717) is 30.9 Å². The molecule has 0 atom stereocenters. The second-order valence-electron chi connectivity index (χ2n) is 3.80. The van der Waals surface area contributed by atoms with Gasteiger partial charge in [-0.25, -0.2) is 4.39 Å². The molecule has 0 radical (unpaired) electrons. The molecule has 0 bridgehead atoms. The van der Waals surface area contributed by atoms with Crippen LogP contribution in [0.15, 0.2) is 28.8 Å². The Morgan fingerprint density at radius 2 is 2.22 bits per heavy atom. The second kappa shape index (κ2) is 5.64. The lowest BCUT2D eigenvalue weighted by molar-refractivity contribution is 0.321. The van der Waals surface area contributed by atoms with Crippen LogP contribution in [-0.2, 0) is 6.42 Å². The molecule has 2 N–H and O–H groups in total. The van der Waals surface area contributed by atoms with Crippen molar-refractivity contribution in [3.8, 4) is 17.1 Å². The SMILES string of the molecule is CCOc1ccc(-c2cc(CCN)no2)cc1F. The van der Waals surface area contributed by atoms with Gasteiger partial charge in [-0.3, -0.25) is 0 Å². The van der Waals surface area contributed by atoms with Crippen molar-refractivity contribution < 1.29 is 13.7 Å². The first kappa shape index (κ1) is 12.6. The van der Waals surface area contributed by atoms with Crippen LogP contribution in [-0.4, -0.2) is 18.3 Å². The van der Waals surface area contributed by atoms with Gasteiger partial charge in [-0.2, -0.15) is 0 Å². The first-order chi connectivity index (χ1) is 8.74. The Labute approximate surface area is 105 Å². The minimum Gasteiger partial charge on any atom is -0.491 e. The average molecular weight is 250 g/mol. The predicted octanol–water partition coefficient (Wildman–Crippen LogP) is 2.38. The Morgan fingerprint density at radius 3 is 2.89 bits per heavy atom. The van der Waals surface area contributed by atoms with Crippen LogP contribution < -0.4 is 10.5 Å². The van der Waals surface area contributed by atoms with Crippen LogP contribution in [0.1, 0.15) is 12.6 Å². The fourth-order valence-corrected chi connectivity index (χ4v) is 1.64. The molecule has 0 spiro atoms. The summed E-state index contributed by atoms with van der Waals surface area (Å²) in [6.45, 7) is 2.74. The molecule has 2 aromatic rings. The number of halogens is 1. The van der Waals surface area contributed by atoms with Crippen molar-refractivity contribution in [1.82, 2.24) is 5.16 Å². The quantitative estimate of drug-likeness (QED) is 0.885. The summed E-state index contributed by atoms with van der Waals surface area (Å²) >= 11 is 0. The summed E-state index contributed by atoms with van der Waals surface area (Å²) < 4.78 is 23.9. The molecule has 0 saturated carbocycles. The Morgan fingerprint density at radius 1 is 1.39 bits per heavy atom. The van der Waals surface area contributed by atoms with Crippen molar-refractivity contribution in [2.24, 2.45) is 5.73 Å². The van der Waals surface area contributed by atoms with Crippen molar-refractivity contribution in [3.63, 3.8) is 0 Å². The highest BCUT2D eigenvalue weighted by atomic mass is 19.1. The molecule has 0 aliphatic carbocycles. The van der Waals surface area contributed by atoms with Crippen LogP contribution in [0.3, 0.4) is 0 Å². The van der Waals surface area contributed by atoms with E-state index in [-0.39, 0.29) is 5.75 Å². The molecule has 2 rings (SSSR count). The lowest BCUT2D eigenvalue weighted by Gasteiger charge is -2.04. The molecular formula is C13H15FN2O2. The molecule has 0 amide bonds. The molecule has 1 aromatic heterocycles. The smallest absolute Gasteiger partial charge is 0.167 e. The molecule has 1 heterocycles. The Balaban J connectivity index is 2.24. The summed E-state index contributed by atoms with van der Waals surface area (Å²) in [4.78, 5) is 0. The second-order valence-corrected chi connectivity index (χ2v) is 3.80. The van der Waals surface area contributed by atoms with E-state index in [1.807, 2.05) is 6.92 Å². The Hall–Kier alpha value is -1.88. The number of hydrogen-bond acceptors (Lipinski definition) is 4. The molecule has 5 heteroatoms. The third kappa shape index (κ3) is 2.68. The van der Waals surface area contributed by atoms with Gasteiger partial charge in [-0.05, 0) is 31.7 Å². The minimum atomic E-state index is -0.411. The third-order valence-corrected chi connectivity index (χ3v) is 2.48. The molecule has 0 aliphatic heterocycles. The molecule has 1 aromatic carbocycles. The van der Waals surface area contributed by atoms with Crippen molar-refractivity contribution in [2.45, 2.75) is 13.3 Å². The van der Waals surface area contributed by atoms with E-state index in [2.05, 4.69) is 5.16 Å². The van der Waals surface area contributed by atoms with Crippen LogP contribution in [0.2, 0.25) is 0 Å². The predicted molar refractivity (Wildman–Crippen MR) is 65.8 cm³/mol. The van der Waals surface area contributed by atoms with Crippen LogP contribution in [0.25, 0.3) is 11.3 Å². The number of rotatable bonds is 5. The van der Waals surface area contributed by atoms with Crippen molar-refractivity contribution in [3.05, 3.63) is 35.8 Å². The highest BCUT2D eigenvalue weighted by Gasteiger charge is 2.10. The molecule has 0 unspecified atom stereocenters. The molecule has 0 saturated heterocycles. The van der Waals surface area contributed by atoms with Gasteiger partial charge in [0, 0.05) is 18.1 Å². The van der Waals surface area contributed by atoms with Crippen LogP contribution in [0, 0.1) is 5.82 Å². The van der Waals surface area contributed by atoms with E-state index < -0.39 is 5.82 Å². The zero-order valence-corrected chi connectivity index (χ0v) is 10.1. The van der Waals surface area contributed by atoms with Crippen molar-refractivity contribution in [2.75, 3.05) is 13.2 Å². The van der Waals surface area contributed by atoms with E-state index >= 15 is 0 Å². The van der Waals surface area contributed by atoms with Crippen LogP contribution in [0.5, 0.6) is 5.75 Å². The van der Waals surface area contributed by atoms with Gasteiger partial charge in [0.1, 0.15) is 0 Å². The maximum absolute atomic E-state index is 13.7. The number of ether oxygens (including phenoxy) is 1. The van der Waals surface area contributed by atoms with Gasteiger partial charge in [0.15, 0.2) is 17.3 Å². The Bertz CT molecular complexity index is 525. The number of nitrogens with two attached hydrogens (primary N) is 1. The molecule has 18 heavy (non-hydrogen) atoms. The highest BCUT2D eigenvalue weighted by molar-refractivity contribution is 5.58. The summed E-state index contributed by atoms with van der Waals surface area (Å²) in [5, 5.41) is 3.86. The van der Waals surface area contributed by atoms with Gasteiger partial charge in [0.25, 0.3) is 0 Å². The maximum atomic E-state index is 13.7. The van der Waals surface area contributed by atoms with Gasteiger partial charge in [-0.15, -0.1) is 0 Å². The first-order valence-electron chi connectivity index (χ1n) is 5.83. The van der Waals surface area contributed by atoms with Gasteiger partial charge < -0.3 is 15.0 Å². The van der Waals surface area contributed by atoms with Crippen LogP contribution >= 0.6 is 0 Å². The van der Waals surface area contributed by atoms with Gasteiger partial charge in [0.05, 0.1) is 12.3 Å². The number of hydrogen-bond donors (Lipinski definition) is 1. The molecule has 96 valence electrons. The average Bonchev–Trinajstić information content (AvgIpc) is 2.81. The zero-order chi connectivity index (χ0) is 13.0.